The summed E-state index contributed by atoms with van der Waals surface area (Å²) in [4.78, 5) is 27.3. The highest BCUT2D eigenvalue weighted by atomic mass is 16.2. The minimum atomic E-state index is -0.0724. The normalized spacial score (nSPS) is 23.1. The predicted molar refractivity (Wildman–Crippen MR) is 78.8 cm³/mol. The maximum absolute atomic E-state index is 12.2. The lowest BCUT2D eigenvalue weighted by Crippen LogP contribution is -2.34. The molecule has 0 aliphatic carbocycles. The lowest BCUT2D eigenvalue weighted by molar-refractivity contribution is -0.131. The molecule has 2 aliphatic rings. The second-order valence-corrected chi connectivity index (χ2v) is 6.76. The molecule has 2 heterocycles. The van der Waals surface area contributed by atoms with Gasteiger partial charge in [0, 0.05) is 37.8 Å². The van der Waals surface area contributed by atoms with Gasteiger partial charge in [-0.15, -0.1) is 0 Å². The molecule has 110 valence electrons. The van der Waals surface area contributed by atoms with Crippen LogP contribution in [-0.2, 0) is 9.59 Å². The van der Waals surface area contributed by atoms with Crippen molar-refractivity contribution < 1.29 is 9.59 Å². The summed E-state index contributed by atoms with van der Waals surface area (Å²) < 4.78 is 0. The number of rotatable bonds is 3. The summed E-state index contributed by atoms with van der Waals surface area (Å²) in [6.45, 7) is 12.6. The predicted octanol–water partition coefficient (Wildman–Crippen LogP) is 2.18. The number of nitrogens with zero attached hydrogens (tertiary/aromatic N) is 2. The van der Waals surface area contributed by atoms with E-state index in [4.69, 9.17) is 0 Å². The number of amides is 2. The molecule has 1 fully saturated rings. The highest BCUT2D eigenvalue weighted by Crippen LogP contribution is 2.33. The Balaban J connectivity index is 1.82. The van der Waals surface area contributed by atoms with Crippen LogP contribution in [0.2, 0.25) is 0 Å². The Labute approximate surface area is 121 Å². The third-order valence-electron chi connectivity index (χ3n) is 4.35. The van der Waals surface area contributed by atoms with E-state index in [0.717, 1.165) is 19.5 Å². The van der Waals surface area contributed by atoms with Crippen molar-refractivity contribution in [2.45, 2.75) is 33.6 Å². The van der Waals surface area contributed by atoms with Crippen LogP contribution in [0, 0.1) is 11.3 Å². The van der Waals surface area contributed by atoms with Crippen molar-refractivity contribution in [2.75, 3.05) is 19.6 Å². The van der Waals surface area contributed by atoms with Gasteiger partial charge in [0.2, 0.25) is 5.91 Å². The molecule has 0 saturated carbocycles. The van der Waals surface area contributed by atoms with Gasteiger partial charge in [0.1, 0.15) is 0 Å². The van der Waals surface area contributed by atoms with E-state index in [-0.39, 0.29) is 17.2 Å². The first-order chi connectivity index (χ1) is 9.29. The molecule has 2 aliphatic heterocycles. The third-order valence-corrected chi connectivity index (χ3v) is 4.35. The fourth-order valence-corrected chi connectivity index (χ4v) is 2.80. The maximum atomic E-state index is 12.2. The zero-order valence-electron chi connectivity index (χ0n) is 12.7. The largest absolute Gasteiger partial charge is 0.342 e. The second-order valence-electron chi connectivity index (χ2n) is 6.76. The van der Waals surface area contributed by atoms with Crippen molar-refractivity contribution in [3.8, 4) is 0 Å². The molecule has 4 nitrogen and oxygen atoms in total. The number of likely N-dealkylation sites (tertiary alicyclic amines) is 1. The maximum Gasteiger partial charge on any atom is 0.251 e. The van der Waals surface area contributed by atoms with Crippen LogP contribution in [0.4, 0.5) is 0 Å². The van der Waals surface area contributed by atoms with Crippen LogP contribution in [0.5, 0.6) is 0 Å². The van der Waals surface area contributed by atoms with Crippen LogP contribution in [0.1, 0.15) is 33.6 Å². The molecule has 0 unspecified atom stereocenters. The van der Waals surface area contributed by atoms with E-state index in [1.54, 1.807) is 11.0 Å². The summed E-state index contributed by atoms with van der Waals surface area (Å²) in [6.07, 6.45) is 4.64. The molecule has 0 radical (unpaired) electrons. The summed E-state index contributed by atoms with van der Waals surface area (Å²) in [7, 11) is 0. The molecule has 2 amide bonds. The standard InChI is InChI=1S/C16H24N2O2/c1-12-5-6-15(20)18(12)10-8-14(19)17-9-7-13(11-17)16(2,3)4/h5-6,13H,1,7-11H2,2-4H3/t13-/m1/s1. The van der Waals surface area contributed by atoms with Gasteiger partial charge in [-0.25, -0.2) is 0 Å². The Morgan fingerprint density at radius 2 is 2.10 bits per heavy atom. The third kappa shape index (κ3) is 3.11. The summed E-state index contributed by atoms with van der Waals surface area (Å²) >= 11 is 0. The van der Waals surface area contributed by atoms with Gasteiger partial charge < -0.3 is 9.80 Å². The van der Waals surface area contributed by atoms with Crippen molar-refractivity contribution in [1.82, 2.24) is 9.80 Å². The molecule has 0 spiro atoms. The van der Waals surface area contributed by atoms with Crippen LogP contribution in [-0.4, -0.2) is 41.2 Å². The molecule has 0 aromatic heterocycles. The van der Waals surface area contributed by atoms with Crippen molar-refractivity contribution >= 4 is 11.8 Å². The molecule has 0 aromatic carbocycles. The van der Waals surface area contributed by atoms with Crippen molar-refractivity contribution in [3.05, 3.63) is 24.4 Å². The Morgan fingerprint density at radius 1 is 1.40 bits per heavy atom. The average Bonchev–Trinajstić information content (AvgIpc) is 2.95. The van der Waals surface area contributed by atoms with Crippen LogP contribution in [0.15, 0.2) is 24.4 Å². The molecule has 0 aromatic rings. The van der Waals surface area contributed by atoms with Crippen molar-refractivity contribution in [3.63, 3.8) is 0 Å². The first kappa shape index (κ1) is 14.8. The fraction of sp³-hybridized carbons (Fsp3) is 0.625. The van der Waals surface area contributed by atoms with Gasteiger partial charge in [-0.3, -0.25) is 9.59 Å². The minimum Gasteiger partial charge on any atom is -0.342 e. The smallest absolute Gasteiger partial charge is 0.251 e. The topological polar surface area (TPSA) is 40.6 Å². The first-order valence-electron chi connectivity index (χ1n) is 7.25. The quantitative estimate of drug-likeness (QED) is 0.792. The number of hydrogen-bond acceptors (Lipinski definition) is 2. The van der Waals surface area contributed by atoms with E-state index in [1.165, 1.54) is 6.08 Å². The van der Waals surface area contributed by atoms with Gasteiger partial charge in [-0.05, 0) is 23.8 Å². The van der Waals surface area contributed by atoms with Gasteiger partial charge in [0.25, 0.3) is 5.91 Å². The number of allylic oxidation sites excluding steroid dienone is 1. The molecule has 0 bridgehead atoms. The Hall–Kier alpha value is -1.58. The van der Waals surface area contributed by atoms with E-state index >= 15 is 0 Å². The van der Waals surface area contributed by atoms with E-state index in [9.17, 15) is 9.59 Å². The first-order valence-corrected chi connectivity index (χ1v) is 7.25. The highest BCUT2D eigenvalue weighted by Gasteiger charge is 2.33. The van der Waals surface area contributed by atoms with Crippen LogP contribution in [0.25, 0.3) is 0 Å². The van der Waals surface area contributed by atoms with Crippen molar-refractivity contribution in [2.24, 2.45) is 11.3 Å². The monoisotopic (exact) mass is 276 g/mol. The van der Waals surface area contributed by atoms with E-state index < -0.39 is 0 Å². The molecule has 1 atom stereocenters. The lowest BCUT2D eigenvalue weighted by atomic mass is 9.80. The molecule has 1 saturated heterocycles. The Kier molecular flexibility index (Phi) is 4.02. The lowest BCUT2D eigenvalue weighted by Gasteiger charge is -2.27. The molecule has 0 N–H and O–H groups in total. The summed E-state index contributed by atoms with van der Waals surface area (Å²) in [5.74, 6) is 0.637. The van der Waals surface area contributed by atoms with E-state index in [2.05, 4.69) is 27.4 Å². The molecule has 4 heteroatoms. The summed E-state index contributed by atoms with van der Waals surface area (Å²) in [6, 6.07) is 0. The SMILES string of the molecule is C=C1C=CC(=O)N1CCC(=O)N1CC[C@@H](C(C)(C)C)C1. The van der Waals surface area contributed by atoms with E-state index in [1.807, 2.05) is 4.90 Å². The molecule has 2 rings (SSSR count). The second kappa shape index (κ2) is 5.43. The molecular formula is C16H24N2O2. The van der Waals surface area contributed by atoms with Gasteiger partial charge >= 0.3 is 0 Å². The van der Waals surface area contributed by atoms with Crippen LogP contribution < -0.4 is 0 Å². The number of hydrogen-bond donors (Lipinski definition) is 0. The van der Waals surface area contributed by atoms with Gasteiger partial charge in [0.05, 0.1) is 0 Å². The van der Waals surface area contributed by atoms with Gasteiger partial charge in [-0.2, -0.15) is 0 Å². The zero-order chi connectivity index (χ0) is 14.9. The summed E-state index contributed by atoms with van der Waals surface area (Å²) in [5, 5.41) is 0. The Morgan fingerprint density at radius 3 is 2.60 bits per heavy atom. The highest BCUT2D eigenvalue weighted by molar-refractivity contribution is 5.93. The number of carbonyl (C=O) groups is 2. The van der Waals surface area contributed by atoms with Crippen LogP contribution >= 0.6 is 0 Å². The fourth-order valence-electron chi connectivity index (χ4n) is 2.80. The molecular weight excluding hydrogens is 252 g/mol. The molecule has 20 heavy (non-hydrogen) atoms. The minimum absolute atomic E-state index is 0.0724. The van der Waals surface area contributed by atoms with Gasteiger partial charge in [0.15, 0.2) is 0 Å². The zero-order valence-corrected chi connectivity index (χ0v) is 12.7. The summed E-state index contributed by atoms with van der Waals surface area (Å²) in [5.41, 5.74) is 0.926. The van der Waals surface area contributed by atoms with E-state index in [0.29, 0.717) is 24.6 Å². The van der Waals surface area contributed by atoms with Crippen LogP contribution in [0.3, 0.4) is 0 Å². The van der Waals surface area contributed by atoms with Crippen molar-refractivity contribution in [1.29, 1.82) is 0 Å². The average molecular weight is 276 g/mol. The Bertz CT molecular complexity index is 442. The number of carbonyl (C=O) groups excluding carboxylic acids is 2. The van der Waals surface area contributed by atoms with Gasteiger partial charge in [-0.1, -0.05) is 27.4 Å².